The highest BCUT2D eigenvalue weighted by atomic mass is 16.4. The second kappa shape index (κ2) is 7.27. The van der Waals surface area contributed by atoms with E-state index in [1.807, 2.05) is 27.7 Å². The lowest BCUT2D eigenvalue weighted by Gasteiger charge is -2.19. The molecule has 100 valence electrons. The van der Waals surface area contributed by atoms with Gasteiger partial charge in [0.25, 0.3) is 0 Å². The molecule has 0 heterocycles. The molecule has 0 aliphatic carbocycles. The van der Waals surface area contributed by atoms with Gasteiger partial charge in [-0.3, -0.25) is 9.59 Å². The van der Waals surface area contributed by atoms with E-state index in [4.69, 9.17) is 10.8 Å². The van der Waals surface area contributed by atoms with Gasteiger partial charge in [0.05, 0.1) is 12.0 Å². The van der Waals surface area contributed by atoms with Crippen LogP contribution in [-0.4, -0.2) is 29.6 Å². The molecule has 0 aliphatic rings. The lowest BCUT2D eigenvalue weighted by Crippen LogP contribution is -2.44. The quantitative estimate of drug-likeness (QED) is 0.618. The van der Waals surface area contributed by atoms with Crippen LogP contribution in [0, 0.1) is 17.8 Å². The number of nitrogens with one attached hydrogen (secondary N) is 1. The van der Waals surface area contributed by atoms with E-state index in [1.165, 1.54) is 0 Å². The van der Waals surface area contributed by atoms with Crippen LogP contribution in [-0.2, 0) is 9.59 Å². The minimum Gasteiger partial charge on any atom is -0.481 e. The molecule has 0 fully saturated rings. The van der Waals surface area contributed by atoms with Crippen molar-refractivity contribution in [2.75, 3.05) is 6.54 Å². The molecule has 0 bridgehead atoms. The Labute approximate surface area is 103 Å². The molecule has 5 nitrogen and oxygen atoms in total. The molecule has 1 unspecified atom stereocenters. The third kappa shape index (κ3) is 6.26. The van der Waals surface area contributed by atoms with Crippen LogP contribution in [0.25, 0.3) is 0 Å². The maximum atomic E-state index is 11.6. The first kappa shape index (κ1) is 15.9. The Morgan fingerprint density at radius 2 is 1.76 bits per heavy atom. The smallest absolute Gasteiger partial charge is 0.308 e. The molecule has 0 aliphatic heterocycles. The highest BCUT2D eigenvalue weighted by Crippen LogP contribution is 2.10. The first-order valence-electron chi connectivity index (χ1n) is 6.01. The molecule has 5 heteroatoms. The van der Waals surface area contributed by atoms with Gasteiger partial charge >= 0.3 is 5.97 Å². The average Bonchev–Trinajstić information content (AvgIpc) is 2.15. The van der Waals surface area contributed by atoms with Crippen LogP contribution in [0.1, 0.15) is 34.1 Å². The number of rotatable bonds is 7. The zero-order chi connectivity index (χ0) is 13.6. The maximum Gasteiger partial charge on any atom is 0.308 e. The molecule has 0 aromatic carbocycles. The molecule has 0 rings (SSSR count). The van der Waals surface area contributed by atoms with Crippen molar-refractivity contribution in [2.24, 2.45) is 23.5 Å². The van der Waals surface area contributed by atoms with E-state index >= 15 is 0 Å². The van der Waals surface area contributed by atoms with E-state index in [0.29, 0.717) is 12.3 Å². The fourth-order valence-electron chi connectivity index (χ4n) is 1.56. The Morgan fingerprint density at radius 1 is 1.24 bits per heavy atom. The number of aliphatic carboxylic acids is 1. The lowest BCUT2D eigenvalue weighted by molar-refractivity contribution is -0.143. The van der Waals surface area contributed by atoms with Gasteiger partial charge in [-0.25, -0.2) is 0 Å². The zero-order valence-electron chi connectivity index (χ0n) is 11.1. The first-order valence-corrected chi connectivity index (χ1v) is 6.01. The number of carboxylic acids is 1. The van der Waals surface area contributed by atoms with Gasteiger partial charge in [-0.2, -0.15) is 0 Å². The van der Waals surface area contributed by atoms with Crippen molar-refractivity contribution in [3.8, 4) is 0 Å². The van der Waals surface area contributed by atoms with E-state index < -0.39 is 17.9 Å². The molecular formula is C12H24N2O3. The van der Waals surface area contributed by atoms with E-state index in [1.54, 1.807) is 0 Å². The summed E-state index contributed by atoms with van der Waals surface area (Å²) in [5.41, 5.74) is 5.70. The van der Waals surface area contributed by atoms with Gasteiger partial charge in [-0.05, 0) is 18.3 Å². The molecule has 0 aromatic heterocycles. The summed E-state index contributed by atoms with van der Waals surface area (Å²) in [6, 6.07) is -0.559. The molecule has 17 heavy (non-hydrogen) atoms. The Hall–Kier alpha value is -1.10. The third-order valence-electron chi connectivity index (χ3n) is 2.68. The van der Waals surface area contributed by atoms with Crippen molar-refractivity contribution >= 4 is 11.9 Å². The Morgan fingerprint density at radius 3 is 2.12 bits per heavy atom. The van der Waals surface area contributed by atoms with Crippen molar-refractivity contribution in [3.63, 3.8) is 0 Å². The van der Waals surface area contributed by atoms with Gasteiger partial charge in [0, 0.05) is 6.54 Å². The van der Waals surface area contributed by atoms with Crippen LogP contribution in [0.3, 0.4) is 0 Å². The van der Waals surface area contributed by atoms with Gasteiger partial charge < -0.3 is 16.2 Å². The van der Waals surface area contributed by atoms with E-state index in [0.717, 1.165) is 0 Å². The first-order chi connectivity index (χ1) is 7.75. The molecule has 2 atom stereocenters. The Kier molecular flexibility index (Phi) is 6.80. The van der Waals surface area contributed by atoms with E-state index in [-0.39, 0.29) is 18.4 Å². The summed E-state index contributed by atoms with van der Waals surface area (Å²) in [7, 11) is 0. The van der Waals surface area contributed by atoms with Gasteiger partial charge in [0.1, 0.15) is 0 Å². The minimum absolute atomic E-state index is 0.0193. The fourth-order valence-corrected chi connectivity index (χ4v) is 1.56. The van der Waals surface area contributed by atoms with Crippen LogP contribution in [0.2, 0.25) is 0 Å². The summed E-state index contributed by atoms with van der Waals surface area (Å²) in [4.78, 5) is 22.5. The third-order valence-corrected chi connectivity index (χ3v) is 2.68. The van der Waals surface area contributed by atoms with E-state index in [9.17, 15) is 9.59 Å². The number of hydrogen-bond acceptors (Lipinski definition) is 3. The molecule has 1 amide bonds. The largest absolute Gasteiger partial charge is 0.481 e. The molecule has 0 radical (unpaired) electrons. The van der Waals surface area contributed by atoms with Crippen molar-refractivity contribution < 1.29 is 14.7 Å². The summed E-state index contributed by atoms with van der Waals surface area (Å²) in [5.74, 6) is -1.40. The molecule has 0 spiro atoms. The summed E-state index contributed by atoms with van der Waals surface area (Å²) in [5, 5.41) is 11.6. The Bertz CT molecular complexity index is 264. The minimum atomic E-state index is -0.891. The molecule has 0 saturated carbocycles. The highest BCUT2D eigenvalue weighted by Gasteiger charge is 2.23. The SMILES string of the molecule is CC(C)C[C@H](N)C(=O)NCC(C(=O)O)C(C)C. The predicted molar refractivity (Wildman–Crippen MR) is 66.4 cm³/mol. The summed E-state index contributed by atoms with van der Waals surface area (Å²) in [6.07, 6.45) is 0.602. The van der Waals surface area contributed by atoms with Crippen molar-refractivity contribution in [1.29, 1.82) is 0 Å². The van der Waals surface area contributed by atoms with Crippen LogP contribution in [0.4, 0.5) is 0 Å². The molecule has 0 saturated heterocycles. The van der Waals surface area contributed by atoms with Crippen LogP contribution < -0.4 is 11.1 Å². The van der Waals surface area contributed by atoms with Gasteiger partial charge in [0.15, 0.2) is 0 Å². The highest BCUT2D eigenvalue weighted by molar-refractivity contribution is 5.82. The topological polar surface area (TPSA) is 92.4 Å². The standard InChI is InChI=1S/C12H24N2O3/c1-7(2)5-10(13)11(15)14-6-9(8(3)4)12(16)17/h7-10H,5-6,13H2,1-4H3,(H,14,15)(H,16,17)/t9?,10-/m0/s1. The number of hydrogen-bond donors (Lipinski definition) is 3. The number of carbonyl (C=O) groups is 2. The van der Waals surface area contributed by atoms with Gasteiger partial charge in [-0.15, -0.1) is 0 Å². The van der Waals surface area contributed by atoms with Crippen LogP contribution in [0.15, 0.2) is 0 Å². The fraction of sp³-hybridized carbons (Fsp3) is 0.833. The number of carbonyl (C=O) groups excluding carboxylic acids is 1. The average molecular weight is 244 g/mol. The van der Waals surface area contributed by atoms with Crippen LogP contribution in [0.5, 0.6) is 0 Å². The van der Waals surface area contributed by atoms with E-state index in [2.05, 4.69) is 5.32 Å². The molecule has 0 aromatic rings. The summed E-state index contributed by atoms with van der Waals surface area (Å²) in [6.45, 7) is 7.75. The number of carboxylic acid groups (broad SMARTS) is 1. The predicted octanol–water partition coefficient (Wildman–Crippen LogP) is 0.833. The number of nitrogens with two attached hydrogens (primary N) is 1. The van der Waals surface area contributed by atoms with Crippen molar-refractivity contribution in [1.82, 2.24) is 5.32 Å². The van der Waals surface area contributed by atoms with Crippen molar-refractivity contribution in [3.05, 3.63) is 0 Å². The van der Waals surface area contributed by atoms with Crippen LogP contribution >= 0.6 is 0 Å². The normalized spacial score (nSPS) is 14.8. The Balaban J connectivity index is 4.17. The summed E-state index contributed by atoms with van der Waals surface area (Å²) >= 11 is 0. The second-order valence-corrected chi connectivity index (χ2v) is 5.17. The second-order valence-electron chi connectivity index (χ2n) is 5.17. The van der Waals surface area contributed by atoms with Crippen molar-refractivity contribution in [2.45, 2.75) is 40.2 Å². The van der Waals surface area contributed by atoms with Gasteiger partial charge in [0.2, 0.25) is 5.91 Å². The van der Waals surface area contributed by atoms with Gasteiger partial charge in [-0.1, -0.05) is 27.7 Å². The molecule has 4 N–H and O–H groups in total. The maximum absolute atomic E-state index is 11.6. The lowest BCUT2D eigenvalue weighted by atomic mass is 9.96. The summed E-state index contributed by atoms with van der Waals surface area (Å²) < 4.78 is 0. The zero-order valence-corrected chi connectivity index (χ0v) is 11.1. The molecular weight excluding hydrogens is 220 g/mol. The number of amides is 1. The monoisotopic (exact) mass is 244 g/mol.